The molecule has 1 N–H and O–H groups in total. The van der Waals surface area contributed by atoms with Crippen LogP contribution in [0.25, 0.3) is 0 Å². The lowest BCUT2D eigenvalue weighted by Gasteiger charge is -2.40. The van der Waals surface area contributed by atoms with Gasteiger partial charge in [0.2, 0.25) is 0 Å². The van der Waals surface area contributed by atoms with Gasteiger partial charge in [-0.15, -0.1) is 0 Å². The van der Waals surface area contributed by atoms with Crippen molar-refractivity contribution in [2.45, 2.75) is 37.5 Å². The van der Waals surface area contributed by atoms with Crippen molar-refractivity contribution in [3.63, 3.8) is 0 Å². The smallest absolute Gasteiger partial charge is 0.416 e. The van der Waals surface area contributed by atoms with Gasteiger partial charge in [0.1, 0.15) is 6.04 Å². The summed E-state index contributed by atoms with van der Waals surface area (Å²) in [6.45, 7) is 0.321. The summed E-state index contributed by atoms with van der Waals surface area (Å²) < 4.78 is 59.4. The molecule has 4 nitrogen and oxygen atoms in total. The zero-order valence-corrected chi connectivity index (χ0v) is 16.8. The van der Waals surface area contributed by atoms with E-state index in [9.17, 15) is 27.5 Å². The van der Waals surface area contributed by atoms with Crippen LogP contribution in [0, 0.1) is 5.82 Å². The van der Waals surface area contributed by atoms with Gasteiger partial charge in [0.05, 0.1) is 18.7 Å². The number of ether oxygens (including phenoxy) is 1. The summed E-state index contributed by atoms with van der Waals surface area (Å²) in [7, 11) is 1.30. The maximum absolute atomic E-state index is 14.4. The number of carboxylic acid groups (broad SMARTS) is 1. The number of carboxylic acids is 1. The Morgan fingerprint density at radius 1 is 1.23 bits per heavy atom. The lowest BCUT2D eigenvalue weighted by Crippen LogP contribution is -2.47. The van der Waals surface area contributed by atoms with Crippen LogP contribution in [-0.4, -0.2) is 35.7 Å². The SMILES string of the molecule is COc1ccc(C(c2cc(C(F)(F)F)ccc2Cl)N2CCCCC2C(=O)O)cc1F. The van der Waals surface area contributed by atoms with E-state index in [-0.39, 0.29) is 16.3 Å². The fraction of sp³-hybridized carbons (Fsp3) is 0.381. The fourth-order valence-corrected chi connectivity index (χ4v) is 4.08. The summed E-state index contributed by atoms with van der Waals surface area (Å²) in [6, 6.07) is 5.02. The van der Waals surface area contributed by atoms with Gasteiger partial charge in [0.15, 0.2) is 11.6 Å². The zero-order valence-electron chi connectivity index (χ0n) is 16.0. The molecule has 2 unspecified atom stereocenters. The normalized spacial score (nSPS) is 18.8. The molecule has 0 bridgehead atoms. The summed E-state index contributed by atoms with van der Waals surface area (Å²) >= 11 is 6.28. The molecule has 9 heteroatoms. The monoisotopic (exact) mass is 445 g/mol. The second-order valence-corrected chi connectivity index (χ2v) is 7.53. The number of aliphatic carboxylic acids is 1. The number of rotatable bonds is 5. The van der Waals surface area contributed by atoms with E-state index in [1.165, 1.54) is 19.2 Å². The minimum absolute atomic E-state index is 0.0268. The van der Waals surface area contributed by atoms with Gasteiger partial charge >= 0.3 is 12.1 Å². The van der Waals surface area contributed by atoms with E-state index in [0.717, 1.165) is 24.3 Å². The molecule has 0 aromatic heterocycles. The van der Waals surface area contributed by atoms with Crippen LogP contribution in [0.4, 0.5) is 17.6 Å². The number of alkyl halides is 3. The van der Waals surface area contributed by atoms with Crippen molar-refractivity contribution in [3.8, 4) is 5.75 Å². The first-order chi connectivity index (χ1) is 14.1. The molecule has 1 saturated heterocycles. The zero-order chi connectivity index (χ0) is 22.1. The number of nitrogens with zero attached hydrogens (tertiary/aromatic N) is 1. The number of likely N-dealkylation sites (tertiary alicyclic amines) is 1. The minimum Gasteiger partial charge on any atom is -0.494 e. The molecule has 162 valence electrons. The number of hydrogen-bond acceptors (Lipinski definition) is 3. The van der Waals surface area contributed by atoms with Crippen molar-refractivity contribution in [2.24, 2.45) is 0 Å². The van der Waals surface area contributed by atoms with Crippen LogP contribution in [0.1, 0.15) is 42.0 Å². The van der Waals surface area contributed by atoms with E-state index in [0.29, 0.717) is 31.4 Å². The average Bonchev–Trinajstić information content (AvgIpc) is 2.69. The molecule has 3 rings (SSSR count). The van der Waals surface area contributed by atoms with Gasteiger partial charge in [-0.2, -0.15) is 13.2 Å². The summed E-state index contributed by atoms with van der Waals surface area (Å²) in [5.74, 6) is -1.81. The quantitative estimate of drug-likeness (QED) is 0.614. The third-order valence-corrected chi connectivity index (χ3v) is 5.61. The minimum atomic E-state index is -4.61. The van der Waals surface area contributed by atoms with Crippen LogP contribution in [0.15, 0.2) is 36.4 Å². The number of hydrogen-bond donors (Lipinski definition) is 1. The van der Waals surface area contributed by atoms with Gasteiger partial charge in [0, 0.05) is 5.02 Å². The third-order valence-electron chi connectivity index (χ3n) is 5.27. The van der Waals surface area contributed by atoms with Gasteiger partial charge in [-0.05, 0) is 60.8 Å². The van der Waals surface area contributed by atoms with E-state index >= 15 is 0 Å². The molecule has 0 spiro atoms. The summed E-state index contributed by atoms with van der Waals surface area (Å²) in [4.78, 5) is 13.4. The molecule has 0 aliphatic carbocycles. The van der Waals surface area contributed by atoms with Crippen molar-refractivity contribution in [1.29, 1.82) is 0 Å². The molecule has 30 heavy (non-hydrogen) atoms. The standard InChI is InChI=1S/C21H20ClF4NO3/c1-30-18-8-5-12(10-16(18)23)19(27-9-3-2-4-17(27)20(28)29)14-11-13(21(24,25)26)6-7-15(14)22/h5-8,10-11,17,19H,2-4,9H2,1H3,(H,28,29). The van der Waals surface area contributed by atoms with E-state index in [1.807, 2.05) is 0 Å². The predicted octanol–water partition coefficient (Wildman–Crippen LogP) is 5.54. The van der Waals surface area contributed by atoms with Crippen molar-refractivity contribution in [1.82, 2.24) is 4.90 Å². The Labute approximate surface area is 176 Å². The lowest BCUT2D eigenvalue weighted by atomic mass is 9.90. The highest BCUT2D eigenvalue weighted by Gasteiger charge is 2.38. The third kappa shape index (κ3) is 4.54. The molecule has 2 atom stereocenters. The Kier molecular flexibility index (Phi) is 6.57. The highest BCUT2D eigenvalue weighted by Crippen LogP contribution is 2.41. The molecule has 1 heterocycles. The van der Waals surface area contributed by atoms with E-state index in [1.54, 1.807) is 4.90 Å². The molecule has 1 aliphatic heterocycles. The van der Waals surface area contributed by atoms with Crippen molar-refractivity contribution in [3.05, 3.63) is 63.9 Å². The van der Waals surface area contributed by atoms with E-state index in [2.05, 4.69) is 0 Å². The molecule has 0 radical (unpaired) electrons. The number of carbonyl (C=O) groups is 1. The Morgan fingerprint density at radius 3 is 2.57 bits per heavy atom. The van der Waals surface area contributed by atoms with Crippen molar-refractivity contribution < 1.29 is 32.2 Å². The topological polar surface area (TPSA) is 49.8 Å². The summed E-state index contributed by atoms with van der Waals surface area (Å²) in [5.41, 5.74) is -0.545. The van der Waals surface area contributed by atoms with Crippen LogP contribution in [0.5, 0.6) is 5.75 Å². The first-order valence-corrected chi connectivity index (χ1v) is 9.70. The van der Waals surface area contributed by atoms with Gasteiger partial charge in [-0.1, -0.05) is 24.1 Å². The number of methoxy groups -OCH3 is 1. The molecule has 2 aromatic rings. The number of halogens is 5. The van der Waals surface area contributed by atoms with E-state index in [4.69, 9.17) is 16.3 Å². The molecular formula is C21H20ClF4NO3. The molecule has 0 amide bonds. The first-order valence-electron chi connectivity index (χ1n) is 9.32. The molecule has 1 aliphatic rings. The lowest BCUT2D eigenvalue weighted by molar-refractivity contribution is -0.145. The predicted molar refractivity (Wildman–Crippen MR) is 103 cm³/mol. The average molecular weight is 446 g/mol. The second-order valence-electron chi connectivity index (χ2n) is 7.12. The first kappa shape index (κ1) is 22.4. The fourth-order valence-electron chi connectivity index (χ4n) is 3.86. The Morgan fingerprint density at radius 2 is 1.97 bits per heavy atom. The van der Waals surface area contributed by atoms with Gasteiger partial charge in [-0.25, -0.2) is 4.39 Å². The van der Waals surface area contributed by atoms with Crippen molar-refractivity contribution in [2.75, 3.05) is 13.7 Å². The van der Waals surface area contributed by atoms with Crippen LogP contribution in [0.3, 0.4) is 0 Å². The van der Waals surface area contributed by atoms with Crippen LogP contribution in [-0.2, 0) is 11.0 Å². The Balaban J connectivity index is 2.20. The molecular weight excluding hydrogens is 426 g/mol. The van der Waals surface area contributed by atoms with Crippen LogP contribution in [0.2, 0.25) is 5.02 Å². The highest BCUT2D eigenvalue weighted by atomic mass is 35.5. The van der Waals surface area contributed by atoms with Gasteiger partial charge in [-0.3, -0.25) is 9.69 Å². The van der Waals surface area contributed by atoms with Gasteiger partial charge < -0.3 is 9.84 Å². The van der Waals surface area contributed by atoms with Crippen molar-refractivity contribution >= 4 is 17.6 Å². The second kappa shape index (κ2) is 8.81. The number of benzene rings is 2. The summed E-state index contributed by atoms with van der Waals surface area (Å²) in [6.07, 6.45) is -2.94. The summed E-state index contributed by atoms with van der Waals surface area (Å²) in [5, 5.41) is 9.73. The molecule has 1 fully saturated rings. The largest absolute Gasteiger partial charge is 0.494 e. The van der Waals surface area contributed by atoms with Gasteiger partial charge in [0.25, 0.3) is 0 Å². The number of piperidine rings is 1. The van der Waals surface area contributed by atoms with Crippen LogP contribution < -0.4 is 4.74 Å². The molecule has 2 aromatic carbocycles. The molecule has 0 saturated carbocycles. The maximum Gasteiger partial charge on any atom is 0.416 e. The maximum atomic E-state index is 14.4. The van der Waals surface area contributed by atoms with Crippen LogP contribution >= 0.6 is 11.6 Å². The Hall–Kier alpha value is -2.32. The Bertz CT molecular complexity index is 935. The highest BCUT2D eigenvalue weighted by molar-refractivity contribution is 6.31. The van der Waals surface area contributed by atoms with E-state index < -0.39 is 35.6 Å².